The van der Waals surface area contributed by atoms with Gasteiger partial charge in [-0.1, -0.05) is 36.4 Å². The van der Waals surface area contributed by atoms with Crippen molar-refractivity contribution in [1.29, 1.82) is 0 Å². The van der Waals surface area contributed by atoms with Crippen LogP contribution in [0, 0.1) is 5.82 Å². The van der Waals surface area contributed by atoms with Gasteiger partial charge in [0.05, 0.1) is 19.0 Å². The number of rotatable bonds is 7. The minimum Gasteiger partial charge on any atom is -0.379 e. The molecule has 0 bridgehead atoms. The Bertz CT molecular complexity index is 982. The molecule has 1 aliphatic heterocycles. The lowest BCUT2D eigenvalue weighted by atomic mass is 10.1. The van der Waals surface area contributed by atoms with Gasteiger partial charge in [0.25, 0.3) is 0 Å². The number of hydrogen-bond acceptors (Lipinski definition) is 4. The van der Waals surface area contributed by atoms with Crippen molar-refractivity contribution in [3.05, 3.63) is 71.0 Å². The minimum atomic E-state index is -3.41. The molecule has 0 atom stereocenters. The zero-order valence-electron chi connectivity index (χ0n) is 17.4. The molecule has 0 saturated carbocycles. The van der Waals surface area contributed by atoms with Crippen molar-refractivity contribution in [2.75, 3.05) is 33.4 Å². The van der Waals surface area contributed by atoms with E-state index in [9.17, 15) is 12.8 Å². The molecular formula is C21H28FIN4O3S. The highest BCUT2D eigenvalue weighted by Gasteiger charge is 2.25. The molecule has 31 heavy (non-hydrogen) atoms. The number of aliphatic imine (C=N–C) groups is 1. The number of hydrogen-bond donors (Lipinski definition) is 2. The Morgan fingerprint density at radius 2 is 1.74 bits per heavy atom. The first-order chi connectivity index (χ1) is 14.5. The lowest BCUT2D eigenvalue weighted by Crippen LogP contribution is -2.41. The largest absolute Gasteiger partial charge is 0.379 e. The summed E-state index contributed by atoms with van der Waals surface area (Å²) in [6.07, 6.45) is 0. The van der Waals surface area contributed by atoms with Crippen LogP contribution in [0.5, 0.6) is 0 Å². The first-order valence-electron chi connectivity index (χ1n) is 9.79. The molecule has 0 aromatic heterocycles. The molecule has 0 spiro atoms. The molecule has 2 aromatic carbocycles. The fourth-order valence-electron chi connectivity index (χ4n) is 3.22. The maximum atomic E-state index is 13.3. The molecule has 0 unspecified atom stereocenters. The molecule has 3 rings (SSSR count). The van der Waals surface area contributed by atoms with Crippen LogP contribution < -0.4 is 10.6 Å². The van der Waals surface area contributed by atoms with Gasteiger partial charge >= 0.3 is 0 Å². The summed E-state index contributed by atoms with van der Waals surface area (Å²) < 4.78 is 45.6. The Morgan fingerprint density at radius 1 is 1.06 bits per heavy atom. The molecule has 1 saturated heterocycles. The van der Waals surface area contributed by atoms with E-state index >= 15 is 0 Å². The highest BCUT2D eigenvalue weighted by molar-refractivity contribution is 14.0. The van der Waals surface area contributed by atoms with Gasteiger partial charge in [0, 0.05) is 33.2 Å². The van der Waals surface area contributed by atoms with E-state index in [0.717, 1.165) is 16.7 Å². The number of nitrogens with zero attached hydrogens (tertiary/aromatic N) is 2. The Balaban J connectivity index is 0.00000341. The molecular weight excluding hydrogens is 534 g/mol. The van der Waals surface area contributed by atoms with Crippen molar-refractivity contribution in [1.82, 2.24) is 14.9 Å². The van der Waals surface area contributed by atoms with E-state index in [4.69, 9.17) is 4.74 Å². The fraction of sp³-hybridized carbons (Fsp3) is 0.381. The number of nitrogens with one attached hydrogen (secondary N) is 2. The first-order valence-corrected chi connectivity index (χ1v) is 11.4. The molecule has 1 aliphatic rings. The highest BCUT2D eigenvalue weighted by Crippen LogP contribution is 2.16. The summed E-state index contributed by atoms with van der Waals surface area (Å²) in [6.45, 7) is 2.46. The third kappa shape index (κ3) is 7.70. The Hall–Kier alpha value is -1.76. The average molecular weight is 562 g/mol. The number of morpholine rings is 1. The van der Waals surface area contributed by atoms with Gasteiger partial charge in [-0.25, -0.2) is 12.8 Å². The van der Waals surface area contributed by atoms with Gasteiger partial charge in [-0.3, -0.25) is 4.99 Å². The van der Waals surface area contributed by atoms with Gasteiger partial charge in [-0.05, 0) is 28.8 Å². The second kappa shape index (κ2) is 12.3. The van der Waals surface area contributed by atoms with Crippen LogP contribution in [0.1, 0.15) is 16.7 Å². The zero-order chi connectivity index (χ0) is 21.4. The topological polar surface area (TPSA) is 83.0 Å². The molecule has 1 fully saturated rings. The normalized spacial score (nSPS) is 15.2. The predicted molar refractivity (Wildman–Crippen MR) is 130 cm³/mol. The van der Waals surface area contributed by atoms with E-state index in [0.29, 0.717) is 45.4 Å². The van der Waals surface area contributed by atoms with Crippen molar-refractivity contribution in [3.63, 3.8) is 0 Å². The summed E-state index contributed by atoms with van der Waals surface area (Å²) in [6, 6.07) is 13.8. The summed E-state index contributed by atoms with van der Waals surface area (Å²) in [5.74, 6) is 0.206. The maximum Gasteiger partial charge on any atom is 0.218 e. The Kier molecular flexibility index (Phi) is 10.1. The van der Waals surface area contributed by atoms with Crippen LogP contribution in [-0.2, 0) is 33.6 Å². The molecule has 0 aliphatic carbocycles. The Morgan fingerprint density at radius 3 is 2.42 bits per heavy atom. The number of guanidine groups is 1. The monoisotopic (exact) mass is 562 g/mol. The first kappa shape index (κ1) is 25.5. The third-order valence-electron chi connectivity index (χ3n) is 4.84. The summed E-state index contributed by atoms with van der Waals surface area (Å²) in [5, 5.41) is 6.33. The van der Waals surface area contributed by atoms with Crippen LogP contribution in [0.15, 0.2) is 53.5 Å². The van der Waals surface area contributed by atoms with E-state index in [-0.39, 0.29) is 35.5 Å². The zero-order valence-corrected chi connectivity index (χ0v) is 20.5. The van der Waals surface area contributed by atoms with E-state index in [2.05, 4.69) is 15.6 Å². The van der Waals surface area contributed by atoms with Gasteiger partial charge in [0.1, 0.15) is 5.82 Å². The van der Waals surface area contributed by atoms with Crippen LogP contribution in [0.4, 0.5) is 4.39 Å². The van der Waals surface area contributed by atoms with Crippen molar-refractivity contribution < 1.29 is 17.5 Å². The van der Waals surface area contributed by atoms with Gasteiger partial charge in [-0.2, -0.15) is 4.31 Å². The summed E-state index contributed by atoms with van der Waals surface area (Å²) in [5.41, 5.74) is 2.43. The molecule has 2 aromatic rings. The SMILES string of the molecule is CN=C(NCc1cccc(F)c1)NCc1ccccc1CS(=O)(=O)N1CCOCC1.I. The number of benzene rings is 2. The van der Waals surface area contributed by atoms with E-state index in [1.807, 2.05) is 30.3 Å². The quantitative estimate of drug-likeness (QED) is 0.308. The smallest absolute Gasteiger partial charge is 0.218 e. The van der Waals surface area contributed by atoms with Gasteiger partial charge in [0.2, 0.25) is 10.0 Å². The average Bonchev–Trinajstić information content (AvgIpc) is 2.75. The van der Waals surface area contributed by atoms with E-state index in [1.54, 1.807) is 13.1 Å². The van der Waals surface area contributed by atoms with Crippen molar-refractivity contribution in [2.45, 2.75) is 18.8 Å². The van der Waals surface area contributed by atoms with Crippen LogP contribution in [0.2, 0.25) is 0 Å². The van der Waals surface area contributed by atoms with Crippen molar-refractivity contribution in [2.24, 2.45) is 4.99 Å². The summed E-state index contributed by atoms with van der Waals surface area (Å²) >= 11 is 0. The predicted octanol–water partition coefficient (Wildman–Crippen LogP) is 2.47. The standard InChI is InChI=1S/C21H27FN4O3S.HI/c1-23-21(24-14-17-5-4-8-20(22)13-17)25-15-18-6-2-3-7-19(18)16-30(27,28)26-9-11-29-12-10-26;/h2-8,13H,9-12,14-16H2,1H3,(H2,23,24,25);1H. The maximum absolute atomic E-state index is 13.3. The van der Waals surface area contributed by atoms with Crippen molar-refractivity contribution in [3.8, 4) is 0 Å². The molecule has 1 heterocycles. The van der Waals surface area contributed by atoms with Gasteiger partial charge in [0.15, 0.2) is 5.96 Å². The van der Waals surface area contributed by atoms with E-state index in [1.165, 1.54) is 16.4 Å². The second-order valence-electron chi connectivity index (χ2n) is 6.95. The fourth-order valence-corrected chi connectivity index (χ4v) is 4.78. The van der Waals surface area contributed by atoms with Crippen molar-refractivity contribution >= 4 is 40.0 Å². The van der Waals surface area contributed by atoms with E-state index < -0.39 is 10.0 Å². The summed E-state index contributed by atoms with van der Waals surface area (Å²) in [4.78, 5) is 4.18. The molecule has 7 nitrogen and oxygen atoms in total. The minimum absolute atomic E-state index is 0. The molecule has 2 N–H and O–H groups in total. The van der Waals surface area contributed by atoms with Crippen LogP contribution in [0.25, 0.3) is 0 Å². The molecule has 170 valence electrons. The Labute approximate surface area is 200 Å². The molecule has 0 radical (unpaired) electrons. The van der Waals surface area contributed by atoms with Gasteiger partial charge < -0.3 is 15.4 Å². The number of sulfonamides is 1. The molecule has 0 amide bonds. The third-order valence-corrected chi connectivity index (χ3v) is 6.67. The van der Waals surface area contributed by atoms with Crippen LogP contribution in [0.3, 0.4) is 0 Å². The summed E-state index contributed by atoms with van der Waals surface area (Å²) in [7, 11) is -1.76. The van der Waals surface area contributed by atoms with Crippen LogP contribution in [-0.4, -0.2) is 52.0 Å². The number of ether oxygens (including phenoxy) is 1. The highest BCUT2D eigenvalue weighted by atomic mass is 127. The second-order valence-corrected chi connectivity index (χ2v) is 8.91. The van der Waals surface area contributed by atoms with Crippen LogP contribution >= 0.6 is 24.0 Å². The lowest BCUT2D eigenvalue weighted by molar-refractivity contribution is 0.0729. The lowest BCUT2D eigenvalue weighted by Gasteiger charge is -2.26. The number of halogens is 2. The molecule has 10 heteroatoms. The van der Waals surface area contributed by atoms with Gasteiger partial charge in [-0.15, -0.1) is 24.0 Å².